The van der Waals surface area contributed by atoms with Crippen LogP contribution < -0.4 is 5.32 Å². The lowest BCUT2D eigenvalue weighted by Gasteiger charge is -2.33. The standard InChI is InChI=1S/C13H21N3O4S/c1-11(10-12-4-3-9-20-12)14-13(17)15-5-7-16(8-6-15)21(2,18)19/h3-4,9,11H,5-8,10H2,1-2H3,(H,14,17)/t11-/m1/s1. The van der Waals surface area contributed by atoms with Gasteiger partial charge in [0.25, 0.3) is 0 Å². The molecule has 1 atom stereocenters. The van der Waals surface area contributed by atoms with Gasteiger partial charge in [0.1, 0.15) is 5.76 Å². The first kappa shape index (κ1) is 15.8. The Balaban J connectivity index is 1.79. The minimum atomic E-state index is -3.17. The number of furan rings is 1. The van der Waals surface area contributed by atoms with Crippen LogP contribution in [0.4, 0.5) is 4.79 Å². The van der Waals surface area contributed by atoms with Crippen LogP contribution in [0.2, 0.25) is 0 Å². The zero-order valence-corrected chi connectivity index (χ0v) is 13.1. The van der Waals surface area contributed by atoms with Crippen LogP contribution in [0, 0.1) is 0 Å². The van der Waals surface area contributed by atoms with E-state index >= 15 is 0 Å². The third-order valence-corrected chi connectivity index (χ3v) is 4.76. The van der Waals surface area contributed by atoms with Crippen molar-refractivity contribution in [1.29, 1.82) is 0 Å². The van der Waals surface area contributed by atoms with Gasteiger partial charge in [-0.15, -0.1) is 0 Å². The van der Waals surface area contributed by atoms with Crippen LogP contribution in [-0.4, -0.2) is 62.1 Å². The molecule has 1 aliphatic heterocycles. The first-order valence-corrected chi connectivity index (χ1v) is 8.74. The van der Waals surface area contributed by atoms with Crippen LogP contribution in [0.15, 0.2) is 22.8 Å². The van der Waals surface area contributed by atoms with Crippen molar-refractivity contribution in [3.8, 4) is 0 Å². The third-order valence-electron chi connectivity index (χ3n) is 3.45. The van der Waals surface area contributed by atoms with Gasteiger partial charge in [-0.25, -0.2) is 13.2 Å². The summed E-state index contributed by atoms with van der Waals surface area (Å²) < 4.78 is 29.5. The molecule has 0 saturated carbocycles. The monoisotopic (exact) mass is 315 g/mol. The number of carbonyl (C=O) groups excluding carboxylic acids is 1. The normalized spacial score (nSPS) is 18.5. The topological polar surface area (TPSA) is 82.9 Å². The molecular weight excluding hydrogens is 294 g/mol. The second-order valence-electron chi connectivity index (χ2n) is 5.28. The fourth-order valence-corrected chi connectivity index (χ4v) is 3.13. The van der Waals surface area contributed by atoms with Crippen LogP contribution in [0.3, 0.4) is 0 Å². The van der Waals surface area contributed by atoms with Crippen molar-refractivity contribution in [3.63, 3.8) is 0 Å². The smallest absolute Gasteiger partial charge is 0.317 e. The molecule has 1 N–H and O–H groups in total. The SMILES string of the molecule is C[C@H](Cc1ccco1)NC(=O)N1CCN(S(C)(=O)=O)CC1. The van der Waals surface area contributed by atoms with Gasteiger partial charge in [-0.05, 0) is 19.1 Å². The number of hydrogen-bond donors (Lipinski definition) is 1. The van der Waals surface area contributed by atoms with Gasteiger partial charge < -0.3 is 14.6 Å². The summed E-state index contributed by atoms with van der Waals surface area (Å²) in [4.78, 5) is 13.7. The van der Waals surface area contributed by atoms with E-state index < -0.39 is 10.0 Å². The zero-order valence-electron chi connectivity index (χ0n) is 12.3. The Morgan fingerprint density at radius 3 is 2.57 bits per heavy atom. The summed E-state index contributed by atoms with van der Waals surface area (Å²) in [5, 5.41) is 2.90. The van der Waals surface area contributed by atoms with Crippen LogP contribution in [0.1, 0.15) is 12.7 Å². The maximum atomic E-state index is 12.1. The molecule has 1 saturated heterocycles. The minimum absolute atomic E-state index is 0.0448. The predicted molar refractivity (Wildman–Crippen MR) is 78.4 cm³/mol. The number of nitrogens with zero attached hydrogens (tertiary/aromatic N) is 2. The third kappa shape index (κ3) is 4.47. The minimum Gasteiger partial charge on any atom is -0.469 e. The number of sulfonamides is 1. The summed E-state index contributed by atoms with van der Waals surface area (Å²) >= 11 is 0. The number of hydrogen-bond acceptors (Lipinski definition) is 4. The summed E-state index contributed by atoms with van der Waals surface area (Å²) in [5.41, 5.74) is 0. The Bertz CT molecular complexity index is 562. The van der Waals surface area contributed by atoms with Gasteiger partial charge >= 0.3 is 6.03 Å². The molecule has 1 aliphatic rings. The van der Waals surface area contributed by atoms with Crippen molar-refractivity contribution in [2.75, 3.05) is 32.4 Å². The predicted octanol–water partition coefficient (Wildman–Crippen LogP) is 0.497. The molecule has 1 aromatic rings. The number of piperazine rings is 1. The van der Waals surface area contributed by atoms with Gasteiger partial charge in [-0.2, -0.15) is 4.31 Å². The highest BCUT2D eigenvalue weighted by Crippen LogP contribution is 2.08. The molecule has 0 aromatic carbocycles. The Kier molecular flexibility index (Phi) is 4.89. The van der Waals surface area contributed by atoms with E-state index in [-0.39, 0.29) is 12.1 Å². The van der Waals surface area contributed by atoms with E-state index in [0.717, 1.165) is 5.76 Å². The van der Waals surface area contributed by atoms with Crippen LogP contribution in [0.25, 0.3) is 0 Å². The molecule has 0 bridgehead atoms. The van der Waals surface area contributed by atoms with Gasteiger partial charge in [0.15, 0.2) is 0 Å². The average molecular weight is 315 g/mol. The molecule has 2 amide bonds. The molecular formula is C13H21N3O4S. The molecule has 1 fully saturated rings. The molecule has 118 valence electrons. The molecule has 0 unspecified atom stereocenters. The summed E-state index contributed by atoms with van der Waals surface area (Å²) in [7, 11) is -3.17. The second kappa shape index (κ2) is 6.48. The first-order valence-electron chi connectivity index (χ1n) is 6.89. The molecule has 2 heterocycles. The Morgan fingerprint density at radius 1 is 1.38 bits per heavy atom. The van der Waals surface area contributed by atoms with Crippen molar-refractivity contribution >= 4 is 16.1 Å². The molecule has 2 rings (SSSR count). The van der Waals surface area contributed by atoms with Crippen molar-refractivity contribution in [2.24, 2.45) is 0 Å². The highest BCUT2D eigenvalue weighted by Gasteiger charge is 2.26. The zero-order chi connectivity index (χ0) is 15.5. The molecule has 7 nitrogen and oxygen atoms in total. The highest BCUT2D eigenvalue weighted by molar-refractivity contribution is 7.88. The van der Waals surface area contributed by atoms with Gasteiger partial charge in [0.2, 0.25) is 10.0 Å². The number of rotatable bonds is 4. The summed E-state index contributed by atoms with van der Waals surface area (Å²) in [6, 6.07) is 3.47. The van der Waals surface area contributed by atoms with Gasteiger partial charge in [-0.3, -0.25) is 0 Å². The highest BCUT2D eigenvalue weighted by atomic mass is 32.2. The Hall–Kier alpha value is -1.54. The first-order chi connectivity index (χ1) is 9.86. The molecule has 1 aromatic heterocycles. The largest absolute Gasteiger partial charge is 0.469 e. The summed E-state index contributed by atoms with van der Waals surface area (Å²) in [6.45, 7) is 3.42. The van der Waals surface area contributed by atoms with Crippen molar-refractivity contribution < 1.29 is 17.6 Å². The van der Waals surface area contributed by atoms with Crippen LogP contribution in [-0.2, 0) is 16.4 Å². The van der Waals surface area contributed by atoms with E-state index in [1.165, 1.54) is 10.6 Å². The summed E-state index contributed by atoms with van der Waals surface area (Å²) in [6.07, 6.45) is 3.42. The fraction of sp³-hybridized carbons (Fsp3) is 0.615. The van der Waals surface area contributed by atoms with Gasteiger partial charge in [0.05, 0.1) is 12.5 Å². The van der Waals surface area contributed by atoms with Crippen LogP contribution >= 0.6 is 0 Å². The maximum Gasteiger partial charge on any atom is 0.317 e. The average Bonchev–Trinajstić information content (AvgIpc) is 2.90. The lowest BCUT2D eigenvalue weighted by molar-refractivity contribution is 0.169. The Labute approximate surface area is 124 Å². The van der Waals surface area contributed by atoms with Crippen molar-refractivity contribution in [1.82, 2.24) is 14.5 Å². The number of carbonyl (C=O) groups is 1. The molecule has 0 radical (unpaired) electrons. The van der Waals surface area contributed by atoms with Crippen molar-refractivity contribution in [2.45, 2.75) is 19.4 Å². The molecule has 0 aliphatic carbocycles. The Morgan fingerprint density at radius 2 is 2.05 bits per heavy atom. The molecule has 8 heteroatoms. The van der Waals surface area contributed by atoms with E-state index in [1.807, 2.05) is 19.1 Å². The second-order valence-corrected chi connectivity index (χ2v) is 7.27. The lowest BCUT2D eigenvalue weighted by Crippen LogP contribution is -2.54. The quantitative estimate of drug-likeness (QED) is 0.877. The van der Waals surface area contributed by atoms with E-state index in [0.29, 0.717) is 32.6 Å². The lowest BCUT2D eigenvalue weighted by atomic mass is 10.2. The van der Waals surface area contributed by atoms with Crippen LogP contribution in [0.5, 0.6) is 0 Å². The van der Waals surface area contributed by atoms with Gasteiger partial charge in [0, 0.05) is 38.6 Å². The van der Waals surface area contributed by atoms with Crippen molar-refractivity contribution in [3.05, 3.63) is 24.2 Å². The van der Waals surface area contributed by atoms with E-state index in [2.05, 4.69) is 5.32 Å². The number of urea groups is 1. The van der Waals surface area contributed by atoms with Gasteiger partial charge in [-0.1, -0.05) is 0 Å². The molecule has 0 spiro atoms. The molecule has 21 heavy (non-hydrogen) atoms. The summed E-state index contributed by atoms with van der Waals surface area (Å²) in [5.74, 6) is 0.824. The number of amides is 2. The number of nitrogens with one attached hydrogen (secondary N) is 1. The van der Waals surface area contributed by atoms with E-state index in [4.69, 9.17) is 4.42 Å². The fourth-order valence-electron chi connectivity index (χ4n) is 2.31. The van der Waals surface area contributed by atoms with E-state index in [1.54, 1.807) is 11.2 Å². The van der Waals surface area contributed by atoms with E-state index in [9.17, 15) is 13.2 Å². The maximum absolute atomic E-state index is 12.1.